The van der Waals surface area contributed by atoms with E-state index in [2.05, 4.69) is 120 Å². The molecule has 14 nitrogen and oxygen atoms in total. The number of anilines is 4. The summed E-state index contributed by atoms with van der Waals surface area (Å²) in [6.45, 7) is 8.44. The number of fused-ring (bicyclic) bond motifs is 2. The zero-order chi connectivity index (χ0) is 59.0. The summed E-state index contributed by atoms with van der Waals surface area (Å²) in [7, 11) is 3.34. The van der Waals surface area contributed by atoms with Crippen LogP contribution in [-0.4, -0.2) is 72.5 Å². The van der Waals surface area contributed by atoms with Crippen molar-refractivity contribution in [2.75, 3.05) is 55.1 Å². The summed E-state index contributed by atoms with van der Waals surface area (Å²) in [5.74, 6) is 1.34. The molecule has 440 valence electrons. The van der Waals surface area contributed by atoms with Gasteiger partial charge in [-0.1, -0.05) is 99.2 Å². The topological polar surface area (TPSA) is 179 Å². The molecule has 2 aliphatic carbocycles. The van der Waals surface area contributed by atoms with Crippen molar-refractivity contribution < 1.29 is 37.9 Å². The summed E-state index contributed by atoms with van der Waals surface area (Å²) in [4.78, 5) is 51.3. The highest BCUT2D eigenvalue weighted by Gasteiger charge is 2.32. The van der Waals surface area contributed by atoms with Gasteiger partial charge in [-0.3, -0.25) is 19.2 Å². The number of carboxylic acids is 1. The Morgan fingerprint density at radius 2 is 0.929 bits per heavy atom. The van der Waals surface area contributed by atoms with Crippen molar-refractivity contribution in [1.82, 2.24) is 9.80 Å². The molecule has 2 saturated carbocycles. The van der Waals surface area contributed by atoms with Crippen LogP contribution in [0.25, 0.3) is 21.9 Å². The first-order valence-electron chi connectivity index (χ1n) is 30.0. The fourth-order valence-corrected chi connectivity index (χ4v) is 11.8. The van der Waals surface area contributed by atoms with Crippen molar-refractivity contribution in [3.63, 3.8) is 0 Å². The van der Waals surface area contributed by atoms with Gasteiger partial charge in [-0.2, -0.15) is 0 Å². The number of aliphatic carboxylic acids is 1. The van der Waals surface area contributed by atoms with Crippen LogP contribution in [0.3, 0.4) is 0 Å². The summed E-state index contributed by atoms with van der Waals surface area (Å²) in [5.41, 5.74) is 11.7. The van der Waals surface area contributed by atoms with E-state index < -0.39 is 5.97 Å². The van der Waals surface area contributed by atoms with Crippen LogP contribution in [0, 0.1) is 25.7 Å². The molecule has 84 heavy (non-hydrogen) atoms. The number of esters is 1. The lowest BCUT2D eigenvalue weighted by Gasteiger charge is -2.31. The Morgan fingerprint density at radius 1 is 0.536 bits per heavy atom. The van der Waals surface area contributed by atoms with E-state index in [9.17, 15) is 19.2 Å². The van der Waals surface area contributed by atoms with Crippen LogP contribution in [0.2, 0.25) is 0 Å². The number of amides is 2. The van der Waals surface area contributed by atoms with Gasteiger partial charge in [0.05, 0.1) is 31.5 Å². The fourth-order valence-electron chi connectivity index (χ4n) is 11.8. The van der Waals surface area contributed by atoms with Gasteiger partial charge in [0, 0.05) is 96.1 Å². The second-order valence-electron chi connectivity index (χ2n) is 22.6. The molecule has 0 aliphatic heterocycles. The van der Waals surface area contributed by atoms with Crippen LogP contribution in [-0.2, 0) is 27.4 Å². The standard InChI is InChI=1S/C36H43N3O4.C34H39N3O4/c1-4-42-33(40)21-22-39(3)36(41)28-15-17-29(18-16-28)38-34(27-13-9-6-10-14-27)35-25(2)31-23-30(19-20-32(31)43-35)37-24-26-11-7-5-8-12-26;1-23-29-21-28(35-22-24-9-5-3-6-10-24)17-18-30(29)41-33(23)32(25-11-7-4-8-12-25)36-27-15-13-26(14-16-27)34(40)37(2)20-19-31(38)39/h5,7-8,11-12,15-20,23,27,34,37-38H,4,6,9-10,13-14,21-22,24H2,1-3H3;3,5-6,9-10,13-18,21,25,32,35-36H,4,7-8,11-12,19-20,22H2,1-2H3,(H,38,39). The third-order valence-electron chi connectivity index (χ3n) is 16.7. The SMILES string of the molecule is CCOC(=O)CCN(C)C(=O)c1ccc(NC(c2oc3ccc(NCc4ccccc4)cc3c2C)C2CCCCC2)cc1.Cc1c(C(Nc2ccc(C(=O)N(C)CCC(=O)O)cc2)C2CCCCC2)oc2ccc(NCc3ccccc3)cc12. The van der Waals surface area contributed by atoms with Crippen LogP contribution in [0.4, 0.5) is 22.7 Å². The number of nitrogens with one attached hydrogen (secondary N) is 4. The van der Waals surface area contributed by atoms with Crippen LogP contribution < -0.4 is 21.3 Å². The number of furan rings is 2. The smallest absolute Gasteiger partial charge is 0.307 e. The molecular weight excluding hydrogens is 1050 g/mol. The lowest BCUT2D eigenvalue weighted by Crippen LogP contribution is -2.29. The number of carbonyl (C=O) groups is 4. The molecule has 0 spiro atoms. The molecule has 5 N–H and O–H groups in total. The molecule has 10 rings (SSSR count). The first-order chi connectivity index (χ1) is 40.8. The van der Waals surface area contributed by atoms with E-state index in [4.69, 9.17) is 18.7 Å². The number of carbonyl (C=O) groups excluding carboxylic acids is 3. The zero-order valence-corrected chi connectivity index (χ0v) is 49.4. The molecule has 8 aromatic rings. The van der Waals surface area contributed by atoms with Gasteiger partial charge in [-0.15, -0.1) is 0 Å². The molecule has 2 atom stereocenters. The Balaban J connectivity index is 0.000000202. The molecule has 0 saturated heterocycles. The third kappa shape index (κ3) is 15.8. The maximum absolute atomic E-state index is 12.9. The third-order valence-corrected chi connectivity index (χ3v) is 16.7. The van der Waals surface area contributed by atoms with Gasteiger partial charge in [-0.05, 0) is 154 Å². The Morgan fingerprint density at radius 3 is 1.32 bits per heavy atom. The number of rotatable bonds is 23. The number of hydrogen-bond donors (Lipinski definition) is 5. The highest BCUT2D eigenvalue weighted by molar-refractivity contribution is 5.95. The second-order valence-corrected chi connectivity index (χ2v) is 22.6. The van der Waals surface area contributed by atoms with E-state index in [1.807, 2.05) is 48.5 Å². The summed E-state index contributed by atoms with van der Waals surface area (Å²) >= 11 is 0. The lowest BCUT2D eigenvalue weighted by atomic mass is 9.82. The molecule has 2 aliphatic rings. The van der Waals surface area contributed by atoms with Crippen molar-refractivity contribution in [3.05, 3.63) is 190 Å². The average molecular weight is 1140 g/mol. The molecule has 2 unspecified atom stereocenters. The van der Waals surface area contributed by atoms with Gasteiger partial charge in [0.15, 0.2) is 0 Å². The van der Waals surface area contributed by atoms with Gasteiger partial charge < -0.3 is 49.7 Å². The van der Waals surface area contributed by atoms with Gasteiger partial charge >= 0.3 is 11.9 Å². The number of ether oxygens (including phenoxy) is 1. The second kappa shape index (κ2) is 29.1. The largest absolute Gasteiger partial charge is 0.481 e. The number of hydrogen-bond acceptors (Lipinski definition) is 11. The maximum Gasteiger partial charge on any atom is 0.307 e. The van der Waals surface area contributed by atoms with E-state index in [1.54, 1.807) is 38.1 Å². The fraction of sp³-hybridized carbons (Fsp3) is 0.371. The molecule has 2 amide bonds. The minimum atomic E-state index is -0.918. The monoisotopic (exact) mass is 1130 g/mol. The number of benzene rings is 6. The van der Waals surface area contributed by atoms with Crippen molar-refractivity contribution >= 4 is 68.4 Å². The molecule has 2 aromatic heterocycles. The van der Waals surface area contributed by atoms with Crippen molar-refractivity contribution in [1.29, 1.82) is 0 Å². The van der Waals surface area contributed by atoms with Crippen LogP contribution in [0.15, 0.2) is 154 Å². The average Bonchev–Trinajstić information content (AvgIpc) is 4.16. The Kier molecular flexibility index (Phi) is 20.8. The van der Waals surface area contributed by atoms with Crippen LogP contribution in [0.1, 0.15) is 151 Å². The van der Waals surface area contributed by atoms with Crippen LogP contribution >= 0.6 is 0 Å². The molecule has 0 radical (unpaired) electrons. The first kappa shape index (κ1) is 60.1. The Labute approximate surface area is 494 Å². The van der Waals surface area contributed by atoms with Crippen molar-refractivity contribution in [3.8, 4) is 0 Å². The van der Waals surface area contributed by atoms with E-state index in [-0.39, 0.29) is 49.3 Å². The molecule has 14 heteroatoms. The van der Waals surface area contributed by atoms with E-state index in [0.29, 0.717) is 36.1 Å². The highest BCUT2D eigenvalue weighted by atomic mass is 16.5. The maximum atomic E-state index is 12.9. The number of nitrogens with zero attached hydrogens (tertiary/aromatic N) is 2. The minimum Gasteiger partial charge on any atom is -0.481 e. The number of aryl methyl sites for hydroxylation is 2. The van der Waals surface area contributed by atoms with E-state index in [1.165, 1.54) is 54.6 Å². The summed E-state index contributed by atoms with van der Waals surface area (Å²) in [5, 5.41) is 25.8. The zero-order valence-electron chi connectivity index (χ0n) is 49.4. The quantitative estimate of drug-likeness (QED) is 0.0384. The Bertz CT molecular complexity index is 3440. The van der Waals surface area contributed by atoms with Gasteiger partial charge in [-0.25, -0.2) is 0 Å². The van der Waals surface area contributed by atoms with E-state index >= 15 is 0 Å². The summed E-state index contributed by atoms with van der Waals surface area (Å²) < 4.78 is 18.1. The molecule has 2 fully saturated rings. The summed E-state index contributed by atoms with van der Waals surface area (Å²) in [6, 6.07) is 48.6. The Hall–Kier alpha value is -8.52. The predicted octanol–water partition coefficient (Wildman–Crippen LogP) is 15.7. The van der Waals surface area contributed by atoms with Gasteiger partial charge in [0.1, 0.15) is 22.7 Å². The normalized spacial score (nSPS) is 14.4. The van der Waals surface area contributed by atoms with Crippen molar-refractivity contribution in [2.45, 2.75) is 123 Å². The van der Waals surface area contributed by atoms with Gasteiger partial charge in [0.25, 0.3) is 11.8 Å². The molecule has 2 heterocycles. The number of carboxylic acid groups (broad SMARTS) is 1. The molecule has 6 aromatic carbocycles. The lowest BCUT2D eigenvalue weighted by molar-refractivity contribution is -0.143. The highest BCUT2D eigenvalue weighted by Crippen LogP contribution is 2.43. The first-order valence-corrected chi connectivity index (χ1v) is 30.0. The van der Waals surface area contributed by atoms with Gasteiger partial charge in [0.2, 0.25) is 0 Å². The predicted molar refractivity (Wildman–Crippen MR) is 336 cm³/mol. The van der Waals surface area contributed by atoms with Crippen molar-refractivity contribution in [2.24, 2.45) is 11.8 Å². The van der Waals surface area contributed by atoms with E-state index in [0.717, 1.165) is 106 Å². The van der Waals surface area contributed by atoms with Crippen LogP contribution in [0.5, 0.6) is 0 Å². The summed E-state index contributed by atoms with van der Waals surface area (Å²) in [6.07, 6.45) is 12.1. The minimum absolute atomic E-state index is 0.0169. The molecular formula is C70H82N6O8. The molecule has 0 bridgehead atoms.